The highest BCUT2D eigenvalue weighted by atomic mass is 15.4. The van der Waals surface area contributed by atoms with Crippen molar-refractivity contribution in [1.29, 1.82) is 0 Å². The first-order chi connectivity index (χ1) is 5.36. The largest absolute Gasteiger partial charge is 0.302 e. The van der Waals surface area contributed by atoms with Crippen LogP contribution in [0.1, 0.15) is 6.42 Å². The van der Waals surface area contributed by atoms with Gasteiger partial charge in [0.1, 0.15) is 0 Å². The number of rotatable bonds is 0. The van der Waals surface area contributed by atoms with Gasteiger partial charge in [0.15, 0.2) is 0 Å². The Morgan fingerprint density at radius 1 is 1.27 bits per heavy atom. The maximum absolute atomic E-state index is 3.54. The fourth-order valence-electron chi connectivity index (χ4n) is 1.97. The van der Waals surface area contributed by atoms with Crippen LogP contribution in [0.4, 0.5) is 0 Å². The molecule has 0 amide bonds. The molecule has 3 nitrogen and oxygen atoms in total. The van der Waals surface area contributed by atoms with Gasteiger partial charge in [-0.2, -0.15) is 0 Å². The van der Waals surface area contributed by atoms with Crippen LogP contribution in [0.3, 0.4) is 0 Å². The van der Waals surface area contributed by atoms with Gasteiger partial charge in [-0.3, -0.25) is 4.90 Å². The van der Waals surface area contributed by atoms with E-state index in [1.807, 2.05) is 0 Å². The molecule has 2 saturated heterocycles. The molecule has 2 aliphatic heterocycles. The van der Waals surface area contributed by atoms with Crippen molar-refractivity contribution in [2.75, 3.05) is 39.8 Å². The van der Waals surface area contributed by atoms with Gasteiger partial charge >= 0.3 is 0 Å². The molecule has 11 heavy (non-hydrogen) atoms. The normalized spacial score (nSPS) is 35.2. The molecule has 0 aromatic rings. The minimum absolute atomic E-state index is 0.641. The van der Waals surface area contributed by atoms with E-state index in [2.05, 4.69) is 22.2 Å². The van der Waals surface area contributed by atoms with Gasteiger partial charge in [-0.1, -0.05) is 0 Å². The first-order valence-electron chi connectivity index (χ1n) is 4.52. The number of fused-ring (bicyclic) bond motifs is 1. The van der Waals surface area contributed by atoms with Crippen molar-refractivity contribution >= 4 is 0 Å². The highest BCUT2D eigenvalue weighted by Crippen LogP contribution is 2.09. The molecule has 0 aliphatic carbocycles. The van der Waals surface area contributed by atoms with Gasteiger partial charge in [0, 0.05) is 26.2 Å². The van der Waals surface area contributed by atoms with E-state index in [9.17, 15) is 0 Å². The summed E-state index contributed by atoms with van der Waals surface area (Å²) >= 11 is 0. The lowest BCUT2D eigenvalue weighted by Gasteiger charge is -2.43. The van der Waals surface area contributed by atoms with E-state index >= 15 is 0 Å². The van der Waals surface area contributed by atoms with Crippen molar-refractivity contribution in [1.82, 2.24) is 15.1 Å². The first-order valence-corrected chi connectivity index (χ1v) is 4.52. The lowest BCUT2D eigenvalue weighted by atomic mass is 10.2. The Morgan fingerprint density at radius 3 is 3.09 bits per heavy atom. The first kappa shape index (κ1) is 7.53. The molecule has 0 bridgehead atoms. The van der Waals surface area contributed by atoms with E-state index in [0.717, 1.165) is 0 Å². The highest BCUT2D eigenvalue weighted by Gasteiger charge is 2.26. The number of nitrogens with zero attached hydrogens (tertiary/aromatic N) is 2. The molecule has 2 heterocycles. The van der Waals surface area contributed by atoms with E-state index in [0.29, 0.717) is 6.17 Å². The van der Waals surface area contributed by atoms with Gasteiger partial charge < -0.3 is 10.2 Å². The molecule has 3 heteroatoms. The molecule has 0 spiro atoms. The van der Waals surface area contributed by atoms with Gasteiger partial charge in [0.05, 0.1) is 6.17 Å². The third-order valence-corrected chi connectivity index (χ3v) is 2.70. The third-order valence-electron chi connectivity index (χ3n) is 2.70. The Hall–Kier alpha value is -0.120. The molecule has 1 N–H and O–H groups in total. The minimum atomic E-state index is 0.641. The number of piperazine rings is 1. The summed E-state index contributed by atoms with van der Waals surface area (Å²) in [4.78, 5) is 4.96. The summed E-state index contributed by atoms with van der Waals surface area (Å²) in [7, 11) is 2.20. The number of likely N-dealkylation sites (N-methyl/N-ethyl adjacent to an activating group) is 1. The summed E-state index contributed by atoms with van der Waals surface area (Å²) in [5, 5.41) is 3.54. The molecule has 0 aromatic heterocycles. The van der Waals surface area contributed by atoms with Crippen LogP contribution < -0.4 is 5.32 Å². The van der Waals surface area contributed by atoms with Gasteiger partial charge in [-0.05, 0) is 20.0 Å². The van der Waals surface area contributed by atoms with E-state index in [-0.39, 0.29) is 0 Å². The SMILES string of the molecule is CN1CCN2CCCNC2C1. The van der Waals surface area contributed by atoms with Crippen molar-refractivity contribution in [2.45, 2.75) is 12.6 Å². The molecule has 64 valence electrons. The Balaban J connectivity index is 1.93. The smallest absolute Gasteiger partial charge is 0.0728 e. The summed E-state index contributed by atoms with van der Waals surface area (Å²) in [5.74, 6) is 0. The highest BCUT2D eigenvalue weighted by molar-refractivity contribution is 4.82. The molecule has 0 aromatic carbocycles. The summed E-state index contributed by atoms with van der Waals surface area (Å²) in [6.07, 6.45) is 1.96. The summed E-state index contributed by atoms with van der Waals surface area (Å²) in [5.41, 5.74) is 0. The Labute approximate surface area is 68.4 Å². The fraction of sp³-hybridized carbons (Fsp3) is 1.00. The monoisotopic (exact) mass is 155 g/mol. The third kappa shape index (κ3) is 1.55. The van der Waals surface area contributed by atoms with Crippen molar-refractivity contribution in [3.8, 4) is 0 Å². The zero-order valence-electron chi connectivity index (χ0n) is 7.21. The standard InChI is InChI=1S/C8H17N3/c1-10-5-6-11-4-2-3-9-8(11)7-10/h8-9H,2-7H2,1H3. The van der Waals surface area contributed by atoms with Crippen molar-refractivity contribution in [3.05, 3.63) is 0 Å². The van der Waals surface area contributed by atoms with Gasteiger partial charge in [0.2, 0.25) is 0 Å². The van der Waals surface area contributed by atoms with E-state index < -0.39 is 0 Å². The van der Waals surface area contributed by atoms with Crippen LogP contribution in [0.15, 0.2) is 0 Å². The zero-order valence-corrected chi connectivity index (χ0v) is 7.21. The lowest BCUT2D eigenvalue weighted by molar-refractivity contribution is 0.0491. The second kappa shape index (κ2) is 3.09. The van der Waals surface area contributed by atoms with Crippen molar-refractivity contribution < 1.29 is 0 Å². The maximum Gasteiger partial charge on any atom is 0.0728 e. The molecule has 2 aliphatic rings. The second-order valence-corrected chi connectivity index (χ2v) is 3.62. The lowest BCUT2D eigenvalue weighted by Crippen LogP contribution is -2.61. The maximum atomic E-state index is 3.54. The van der Waals surface area contributed by atoms with Crippen LogP contribution in [-0.2, 0) is 0 Å². The van der Waals surface area contributed by atoms with Crippen LogP contribution in [0, 0.1) is 0 Å². The average molecular weight is 155 g/mol. The second-order valence-electron chi connectivity index (χ2n) is 3.62. The van der Waals surface area contributed by atoms with Crippen LogP contribution in [-0.4, -0.2) is 55.7 Å². The van der Waals surface area contributed by atoms with E-state index in [1.54, 1.807) is 0 Å². The molecule has 1 unspecified atom stereocenters. The molecule has 0 saturated carbocycles. The molecular formula is C8H17N3. The number of hydrogen-bond acceptors (Lipinski definition) is 3. The van der Waals surface area contributed by atoms with Crippen molar-refractivity contribution in [3.63, 3.8) is 0 Å². The van der Waals surface area contributed by atoms with E-state index in [1.165, 1.54) is 39.1 Å². The molecule has 2 rings (SSSR count). The van der Waals surface area contributed by atoms with Gasteiger partial charge in [0.25, 0.3) is 0 Å². The van der Waals surface area contributed by atoms with Gasteiger partial charge in [-0.25, -0.2) is 0 Å². The Morgan fingerprint density at radius 2 is 2.18 bits per heavy atom. The molecule has 2 fully saturated rings. The van der Waals surface area contributed by atoms with E-state index in [4.69, 9.17) is 0 Å². The Kier molecular flexibility index (Phi) is 2.11. The van der Waals surface area contributed by atoms with Crippen LogP contribution in [0.2, 0.25) is 0 Å². The average Bonchev–Trinajstić information content (AvgIpc) is 2.04. The van der Waals surface area contributed by atoms with Crippen molar-refractivity contribution in [2.24, 2.45) is 0 Å². The number of nitrogens with one attached hydrogen (secondary N) is 1. The molecular weight excluding hydrogens is 138 g/mol. The van der Waals surface area contributed by atoms with Gasteiger partial charge in [-0.15, -0.1) is 0 Å². The predicted octanol–water partition coefficient (Wildman–Crippen LogP) is -0.447. The predicted molar refractivity (Wildman–Crippen MR) is 45.5 cm³/mol. The van der Waals surface area contributed by atoms with Crippen LogP contribution >= 0.6 is 0 Å². The Bertz CT molecular complexity index is 137. The molecule has 1 atom stereocenters. The summed E-state index contributed by atoms with van der Waals surface area (Å²) in [6, 6.07) is 0. The minimum Gasteiger partial charge on any atom is -0.302 e. The fourth-order valence-corrected chi connectivity index (χ4v) is 1.97. The zero-order chi connectivity index (χ0) is 7.68. The number of hydrogen-bond donors (Lipinski definition) is 1. The summed E-state index contributed by atoms with van der Waals surface area (Å²) in [6.45, 7) is 6.17. The van der Waals surface area contributed by atoms with Crippen LogP contribution in [0.5, 0.6) is 0 Å². The molecule has 0 radical (unpaired) electrons. The van der Waals surface area contributed by atoms with Crippen LogP contribution in [0.25, 0.3) is 0 Å². The quantitative estimate of drug-likeness (QED) is 0.511. The summed E-state index contributed by atoms with van der Waals surface area (Å²) < 4.78 is 0. The topological polar surface area (TPSA) is 18.5 Å².